The van der Waals surface area contributed by atoms with E-state index >= 15 is 0 Å². The van der Waals surface area contributed by atoms with Gasteiger partial charge >= 0.3 is 0 Å². The molecular weight excluding hydrogens is 160 g/mol. The van der Waals surface area contributed by atoms with E-state index in [9.17, 15) is 0 Å². The molecule has 0 aromatic heterocycles. The molecule has 0 amide bonds. The highest BCUT2D eigenvalue weighted by molar-refractivity contribution is 5.07. The number of nitrogens with zero attached hydrogens (tertiary/aromatic N) is 1. The Bertz CT molecular complexity index is 173. The van der Waals surface area contributed by atoms with Gasteiger partial charge in [0.05, 0.1) is 0 Å². The lowest BCUT2D eigenvalue weighted by atomic mass is 9.62. The van der Waals surface area contributed by atoms with Crippen molar-refractivity contribution in [3.63, 3.8) is 0 Å². The van der Waals surface area contributed by atoms with Crippen molar-refractivity contribution in [1.29, 1.82) is 0 Å². The van der Waals surface area contributed by atoms with E-state index in [0.29, 0.717) is 5.54 Å². The molecule has 3 rings (SSSR count). The Kier molecular flexibility index (Phi) is 2.61. The van der Waals surface area contributed by atoms with Gasteiger partial charge in [-0.15, -0.1) is 0 Å². The third kappa shape index (κ3) is 1.50. The van der Waals surface area contributed by atoms with Crippen LogP contribution in [0.5, 0.6) is 0 Å². The van der Waals surface area contributed by atoms with E-state index in [1.165, 1.54) is 45.2 Å². The number of hydrogen-bond donors (Lipinski definition) is 1. The second-order valence-corrected chi connectivity index (χ2v) is 4.83. The van der Waals surface area contributed by atoms with Crippen LogP contribution in [0.25, 0.3) is 0 Å². The summed E-state index contributed by atoms with van der Waals surface area (Å²) in [5.74, 6) is 1.02. The van der Waals surface area contributed by atoms with Crippen molar-refractivity contribution < 1.29 is 0 Å². The number of rotatable bonds is 4. The first kappa shape index (κ1) is 9.47. The highest BCUT2D eigenvalue weighted by Crippen LogP contribution is 2.47. The zero-order chi connectivity index (χ0) is 9.31. The third-order valence-electron chi connectivity index (χ3n) is 3.98. The summed E-state index contributed by atoms with van der Waals surface area (Å²) in [4.78, 5) is 2.66. The molecule has 0 radical (unpaired) electrons. The smallest absolute Gasteiger partial charge is 0.0337 e. The number of unbranched alkanes of at least 4 members (excludes halogenated alkanes) is 1. The van der Waals surface area contributed by atoms with Gasteiger partial charge in [-0.05, 0) is 44.7 Å². The maximum Gasteiger partial charge on any atom is 0.0337 e. The zero-order valence-electron chi connectivity index (χ0n) is 8.76. The first-order valence-corrected chi connectivity index (χ1v) is 5.76. The molecule has 0 atom stereocenters. The predicted octanol–water partition coefficient (Wildman–Crippen LogP) is 1.60. The van der Waals surface area contributed by atoms with Crippen molar-refractivity contribution in [2.24, 2.45) is 11.7 Å². The third-order valence-corrected chi connectivity index (χ3v) is 3.98. The van der Waals surface area contributed by atoms with Crippen LogP contribution in [-0.2, 0) is 0 Å². The molecule has 2 N–H and O–H groups in total. The average molecular weight is 182 g/mol. The Hall–Kier alpha value is -0.0800. The van der Waals surface area contributed by atoms with Crippen LogP contribution in [0.2, 0.25) is 0 Å². The van der Waals surface area contributed by atoms with Crippen molar-refractivity contribution in [3.8, 4) is 0 Å². The van der Waals surface area contributed by atoms with Crippen molar-refractivity contribution in [1.82, 2.24) is 4.90 Å². The van der Waals surface area contributed by atoms with E-state index in [-0.39, 0.29) is 0 Å². The topological polar surface area (TPSA) is 29.3 Å². The maximum absolute atomic E-state index is 5.90. The van der Waals surface area contributed by atoms with Gasteiger partial charge in [0.1, 0.15) is 0 Å². The maximum atomic E-state index is 5.90. The van der Waals surface area contributed by atoms with Crippen LogP contribution in [0, 0.1) is 5.92 Å². The van der Waals surface area contributed by atoms with Crippen LogP contribution in [0.1, 0.15) is 39.0 Å². The highest BCUT2D eigenvalue weighted by atomic mass is 15.2. The lowest BCUT2D eigenvalue weighted by Gasteiger charge is -2.59. The molecule has 2 bridgehead atoms. The summed E-state index contributed by atoms with van der Waals surface area (Å²) < 4.78 is 0. The summed E-state index contributed by atoms with van der Waals surface area (Å²) in [6, 6.07) is 0. The molecule has 13 heavy (non-hydrogen) atoms. The molecule has 0 spiro atoms. The average Bonchev–Trinajstić information content (AvgIpc) is 2.13. The van der Waals surface area contributed by atoms with E-state index in [4.69, 9.17) is 5.73 Å². The molecule has 2 heteroatoms. The second kappa shape index (κ2) is 3.58. The Balaban J connectivity index is 1.92. The lowest BCUT2D eigenvalue weighted by Crippen LogP contribution is -2.66. The minimum atomic E-state index is 0.443. The molecular formula is C11H22N2. The lowest BCUT2D eigenvalue weighted by molar-refractivity contribution is -0.0710. The Morgan fingerprint density at radius 3 is 2.85 bits per heavy atom. The fourth-order valence-electron chi connectivity index (χ4n) is 3.05. The van der Waals surface area contributed by atoms with E-state index < -0.39 is 0 Å². The van der Waals surface area contributed by atoms with Gasteiger partial charge in [0, 0.05) is 12.1 Å². The molecule has 0 unspecified atom stereocenters. The van der Waals surface area contributed by atoms with Crippen molar-refractivity contribution >= 4 is 0 Å². The Labute approximate surface area is 81.5 Å². The van der Waals surface area contributed by atoms with Gasteiger partial charge in [0.25, 0.3) is 0 Å². The standard InChI is InChI=1S/C11H22N2/c1-2-3-5-13-6-4-10-7-11(13,8-10)9-12/h10H,2-9,12H2,1H3. The molecule has 0 aromatic carbocycles. The predicted molar refractivity (Wildman–Crippen MR) is 55.6 cm³/mol. The van der Waals surface area contributed by atoms with Gasteiger partial charge < -0.3 is 5.73 Å². The largest absolute Gasteiger partial charge is 0.329 e. The zero-order valence-corrected chi connectivity index (χ0v) is 8.76. The van der Waals surface area contributed by atoms with Gasteiger partial charge in [0.2, 0.25) is 0 Å². The molecule has 1 saturated carbocycles. The Morgan fingerprint density at radius 2 is 2.23 bits per heavy atom. The normalized spacial score (nSPS) is 38.8. The number of fused-ring (bicyclic) bond motifs is 2. The SMILES string of the molecule is CCCCN1CCC2CC1(CN)C2. The minimum Gasteiger partial charge on any atom is -0.329 e. The van der Waals surface area contributed by atoms with E-state index in [0.717, 1.165) is 12.5 Å². The van der Waals surface area contributed by atoms with Crippen molar-refractivity contribution in [2.45, 2.75) is 44.6 Å². The summed E-state index contributed by atoms with van der Waals surface area (Å²) in [7, 11) is 0. The molecule has 1 aliphatic carbocycles. The minimum absolute atomic E-state index is 0.443. The fraction of sp³-hybridized carbons (Fsp3) is 1.00. The van der Waals surface area contributed by atoms with E-state index in [1.54, 1.807) is 0 Å². The first-order chi connectivity index (χ1) is 6.30. The molecule has 3 fully saturated rings. The summed E-state index contributed by atoms with van der Waals surface area (Å²) in [6.45, 7) is 5.73. The van der Waals surface area contributed by atoms with E-state index in [2.05, 4.69) is 11.8 Å². The van der Waals surface area contributed by atoms with Crippen LogP contribution in [0.15, 0.2) is 0 Å². The molecule has 0 aromatic rings. The molecule has 2 nitrogen and oxygen atoms in total. The van der Waals surface area contributed by atoms with Gasteiger partial charge in [-0.3, -0.25) is 4.90 Å². The summed E-state index contributed by atoms with van der Waals surface area (Å²) in [5, 5.41) is 0. The fourth-order valence-corrected chi connectivity index (χ4v) is 3.05. The van der Waals surface area contributed by atoms with Gasteiger partial charge in [-0.25, -0.2) is 0 Å². The van der Waals surface area contributed by atoms with Gasteiger partial charge in [0.15, 0.2) is 0 Å². The van der Waals surface area contributed by atoms with Crippen LogP contribution in [-0.4, -0.2) is 30.1 Å². The summed E-state index contributed by atoms with van der Waals surface area (Å²) in [5.41, 5.74) is 6.34. The van der Waals surface area contributed by atoms with Crippen LogP contribution >= 0.6 is 0 Å². The number of hydrogen-bond acceptors (Lipinski definition) is 2. The highest BCUT2D eigenvalue weighted by Gasteiger charge is 2.50. The van der Waals surface area contributed by atoms with Gasteiger partial charge in [-0.1, -0.05) is 13.3 Å². The summed E-state index contributed by atoms with van der Waals surface area (Å²) >= 11 is 0. The van der Waals surface area contributed by atoms with Crippen LogP contribution < -0.4 is 5.73 Å². The number of piperidine rings is 2. The molecule has 2 saturated heterocycles. The molecule has 3 aliphatic rings. The van der Waals surface area contributed by atoms with Crippen LogP contribution in [0.3, 0.4) is 0 Å². The first-order valence-electron chi connectivity index (χ1n) is 5.76. The van der Waals surface area contributed by atoms with Gasteiger partial charge in [-0.2, -0.15) is 0 Å². The van der Waals surface area contributed by atoms with Crippen molar-refractivity contribution in [3.05, 3.63) is 0 Å². The quantitative estimate of drug-likeness (QED) is 0.715. The Morgan fingerprint density at radius 1 is 1.46 bits per heavy atom. The monoisotopic (exact) mass is 182 g/mol. The van der Waals surface area contributed by atoms with Crippen LogP contribution in [0.4, 0.5) is 0 Å². The summed E-state index contributed by atoms with van der Waals surface area (Å²) in [6.07, 6.45) is 6.83. The second-order valence-electron chi connectivity index (χ2n) is 4.83. The number of nitrogens with two attached hydrogens (primary N) is 1. The van der Waals surface area contributed by atoms with Crippen molar-refractivity contribution in [2.75, 3.05) is 19.6 Å². The molecule has 2 heterocycles. The van der Waals surface area contributed by atoms with E-state index in [1.807, 2.05) is 0 Å². The molecule has 76 valence electrons. The molecule has 2 aliphatic heterocycles.